The summed E-state index contributed by atoms with van der Waals surface area (Å²) in [6.45, 7) is 1.92. The van der Waals surface area contributed by atoms with Crippen molar-refractivity contribution in [3.8, 4) is 0 Å². The summed E-state index contributed by atoms with van der Waals surface area (Å²) in [5.74, 6) is -0.685. The SMILES string of the molecule is CC(Nc1c(C(=O)O)cccc1[N+](=O)[O-])C1CC1. The largest absolute Gasteiger partial charge is 0.478 e. The van der Waals surface area contributed by atoms with Crippen LogP contribution in [0.3, 0.4) is 0 Å². The summed E-state index contributed by atoms with van der Waals surface area (Å²) < 4.78 is 0. The Balaban J connectivity index is 2.38. The molecule has 1 aromatic rings. The van der Waals surface area contributed by atoms with Crippen LogP contribution in [0.1, 0.15) is 30.1 Å². The highest BCUT2D eigenvalue weighted by atomic mass is 16.6. The topological polar surface area (TPSA) is 92.5 Å². The Morgan fingerprint density at radius 3 is 2.72 bits per heavy atom. The quantitative estimate of drug-likeness (QED) is 0.618. The van der Waals surface area contributed by atoms with Crippen LogP contribution >= 0.6 is 0 Å². The molecule has 96 valence electrons. The van der Waals surface area contributed by atoms with Crippen molar-refractivity contribution in [2.45, 2.75) is 25.8 Å². The second-order valence-electron chi connectivity index (χ2n) is 4.53. The van der Waals surface area contributed by atoms with Crippen LogP contribution in [0.15, 0.2) is 18.2 Å². The van der Waals surface area contributed by atoms with Gasteiger partial charge in [0, 0.05) is 12.1 Å². The number of carbonyl (C=O) groups is 1. The average molecular weight is 250 g/mol. The Kier molecular flexibility index (Phi) is 3.18. The van der Waals surface area contributed by atoms with Gasteiger partial charge in [-0.2, -0.15) is 0 Å². The number of hydrogen-bond acceptors (Lipinski definition) is 4. The maximum Gasteiger partial charge on any atom is 0.338 e. The summed E-state index contributed by atoms with van der Waals surface area (Å²) in [5.41, 5.74) is -0.145. The second-order valence-corrected chi connectivity index (χ2v) is 4.53. The molecule has 0 bridgehead atoms. The smallest absolute Gasteiger partial charge is 0.338 e. The second kappa shape index (κ2) is 4.64. The Labute approximate surface area is 104 Å². The monoisotopic (exact) mass is 250 g/mol. The van der Waals surface area contributed by atoms with E-state index in [-0.39, 0.29) is 23.0 Å². The van der Waals surface area contributed by atoms with E-state index in [9.17, 15) is 14.9 Å². The molecule has 2 rings (SSSR count). The first-order valence-electron chi connectivity index (χ1n) is 5.78. The third-order valence-electron chi connectivity index (χ3n) is 3.17. The number of anilines is 1. The molecule has 0 spiro atoms. The zero-order valence-corrected chi connectivity index (χ0v) is 9.92. The third-order valence-corrected chi connectivity index (χ3v) is 3.17. The van der Waals surface area contributed by atoms with E-state index in [0.29, 0.717) is 5.92 Å². The molecule has 1 fully saturated rings. The fourth-order valence-electron chi connectivity index (χ4n) is 1.96. The minimum atomic E-state index is -1.16. The van der Waals surface area contributed by atoms with E-state index < -0.39 is 10.9 Å². The normalized spacial score (nSPS) is 16.1. The highest BCUT2D eigenvalue weighted by molar-refractivity contribution is 5.96. The van der Waals surface area contributed by atoms with Crippen LogP contribution in [0.2, 0.25) is 0 Å². The number of rotatable bonds is 5. The maximum absolute atomic E-state index is 11.1. The van der Waals surface area contributed by atoms with Gasteiger partial charge in [-0.25, -0.2) is 4.79 Å². The molecule has 1 unspecified atom stereocenters. The van der Waals surface area contributed by atoms with Gasteiger partial charge in [0.2, 0.25) is 0 Å². The van der Waals surface area contributed by atoms with E-state index in [4.69, 9.17) is 5.11 Å². The van der Waals surface area contributed by atoms with Crippen molar-refractivity contribution in [2.75, 3.05) is 5.32 Å². The number of nitro benzene ring substituents is 1. The van der Waals surface area contributed by atoms with Gasteiger partial charge in [0.25, 0.3) is 5.69 Å². The fourth-order valence-corrected chi connectivity index (χ4v) is 1.96. The first kappa shape index (κ1) is 12.3. The Morgan fingerprint density at radius 1 is 1.56 bits per heavy atom. The zero-order chi connectivity index (χ0) is 13.3. The molecule has 18 heavy (non-hydrogen) atoms. The minimum absolute atomic E-state index is 0.0456. The van der Waals surface area contributed by atoms with Gasteiger partial charge >= 0.3 is 5.97 Å². The van der Waals surface area contributed by atoms with Gasteiger partial charge in [0.1, 0.15) is 5.69 Å². The third kappa shape index (κ3) is 2.42. The fraction of sp³-hybridized carbons (Fsp3) is 0.417. The Hall–Kier alpha value is -2.11. The molecule has 0 aromatic heterocycles. The molecule has 6 heteroatoms. The van der Waals surface area contributed by atoms with E-state index in [0.717, 1.165) is 12.8 Å². The molecule has 1 aliphatic carbocycles. The van der Waals surface area contributed by atoms with E-state index in [1.165, 1.54) is 18.2 Å². The van der Waals surface area contributed by atoms with Crippen molar-refractivity contribution in [1.29, 1.82) is 0 Å². The molecule has 0 heterocycles. The van der Waals surface area contributed by atoms with E-state index in [1.54, 1.807) is 0 Å². The minimum Gasteiger partial charge on any atom is -0.478 e. The van der Waals surface area contributed by atoms with E-state index in [2.05, 4.69) is 5.32 Å². The molecule has 1 aromatic carbocycles. The van der Waals surface area contributed by atoms with Crippen LogP contribution in [-0.2, 0) is 0 Å². The summed E-state index contributed by atoms with van der Waals surface area (Å²) in [5, 5.41) is 23.0. The summed E-state index contributed by atoms with van der Waals surface area (Å²) in [4.78, 5) is 21.5. The molecule has 0 aliphatic heterocycles. The highest BCUT2D eigenvalue weighted by Crippen LogP contribution is 2.36. The summed E-state index contributed by atoms with van der Waals surface area (Å²) in [6.07, 6.45) is 2.16. The van der Waals surface area contributed by atoms with Gasteiger partial charge in [0.15, 0.2) is 0 Å². The van der Waals surface area contributed by atoms with Crippen molar-refractivity contribution in [3.63, 3.8) is 0 Å². The number of carboxylic acids is 1. The van der Waals surface area contributed by atoms with Crippen molar-refractivity contribution in [2.24, 2.45) is 5.92 Å². The summed E-state index contributed by atoms with van der Waals surface area (Å²) >= 11 is 0. The lowest BCUT2D eigenvalue weighted by Crippen LogP contribution is -2.20. The number of carboxylic acid groups (broad SMARTS) is 1. The van der Waals surface area contributed by atoms with Crippen LogP contribution in [0.25, 0.3) is 0 Å². The van der Waals surface area contributed by atoms with Crippen molar-refractivity contribution in [3.05, 3.63) is 33.9 Å². The molecule has 0 radical (unpaired) electrons. The van der Waals surface area contributed by atoms with Gasteiger partial charge in [0.05, 0.1) is 10.5 Å². The van der Waals surface area contributed by atoms with Crippen molar-refractivity contribution in [1.82, 2.24) is 0 Å². The standard InChI is InChI=1S/C12H14N2O4/c1-7(8-5-6-8)13-11-9(12(15)16)3-2-4-10(11)14(17)18/h2-4,7-8,13H,5-6H2,1H3,(H,15,16). The Bertz CT molecular complexity index is 465. The molecule has 1 aliphatic rings. The molecular formula is C12H14N2O4. The van der Waals surface area contributed by atoms with Crippen molar-refractivity contribution >= 4 is 17.3 Å². The van der Waals surface area contributed by atoms with Crippen LogP contribution in [0.5, 0.6) is 0 Å². The van der Waals surface area contributed by atoms with Crippen LogP contribution in [-0.4, -0.2) is 22.0 Å². The lowest BCUT2D eigenvalue weighted by molar-refractivity contribution is -0.384. The number of aromatic carboxylic acids is 1. The van der Waals surface area contributed by atoms with Crippen LogP contribution in [0, 0.1) is 16.0 Å². The molecular weight excluding hydrogens is 236 g/mol. The average Bonchev–Trinajstić information content (AvgIpc) is 3.12. The maximum atomic E-state index is 11.1. The molecule has 0 saturated heterocycles. The predicted molar refractivity (Wildman–Crippen MR) is 65.9 cm³/mol. The lowest BCUT2D eigenvalue weighted by Gasteiger charge is -2.16. The number of nitrogens with zero attached hydrogens (tertiary/aromatic N) is 1. The zero-order valence-electron chi connectivity index (χ0n) is 9.92. The molecule has 2 N–H and O–H groups in total. The number of hydrogen-bond donors (Lipinski definition) is 2. The van der Waals surface area contributed by atoms with Crippen LogP contribution < -0.4 is 5.32 Å². The van der Waals surface area contributed by atoms with Gasteiger partial charge in [-0.3, -0.25) is 10.1 Å². The lowest BCUT2D eigenvalue weighted by atomic mass is 10.1. The van der Waals surface area contributed by atoms with Crippen LogP contribution in [0.4, 0.5) is 11.4 Å². The first-order valence-corrected chi connectivity index (χ1v) is 5.78. The highest BCUT2D eigenvalue weighted by Gasteiger charge is 2.30. The van der Waals surface area contributed by atoms with Gasteiger partial charge in [-0.1, -0.05) is 6.07 Å². The Morgan fingerprint density at radius 2 is 2.22 bits per heavy atom. The van der Waals surface area contributed by atoms with E-state index >= 15 is 0 Å². The van der Waals surface area contributed by atoms with Crippen molar-refractivity contribution < 1.29 is 14.8 Å². The van der Waals surface area contributed by atoms with Gasteiger partial charge in [-0.15, -0.1) is 0 Å². The molecule has 1 atom stereocenters. The first-order chi connectivity index (χ1) is 8.50. The number of benzene rings is 1. The predicted octanol–water partition coefficient (Wildman–Crippen LogP) is 2.50. The molecule has 6 nitrogen and oxygen atoms in total. The summed E-state index contributed by atoms with van der Waals surface area (Å²) in [7, 11) is 0. The van der Waals surface area contributed by atoms with Gasteiger partial charge in [-0.05, 0) is 31.7 Å². The number of nitro groups is 1. The number of para-hydroxylation sites is 1. The summed E-state index contributed by atoms with van der Waals surface area (Å²) in [6, 6.07) is 4.12. The number of nitrogens with one attached hydrogen (secondary N) is 1. The molecule has 0 amide bonds. The van der Waals surface area contributed by atoms with Gasteiger partial charge < -0.3 is 10.4 Å². The van der Waals surface area contributed by atoms with E-state index in [1.807, 2.05) is 6.92 Å². The molecule has 1 saturated carbocycles.